The minimum Gasteiger partial charge on any atom is -0.378 e. The van der Waals surface area contributed by atoms with Gasteiger partial charge in [0.25, 0.3) is 0 Å². The van der Waals surface area contributed by atoms with E-state index in [2.05, 4.69) is 53.3 Å². The summed E-state index contributed by atoms with van der Waals surface area (Å²) in [4.78, 5) is 11.5. The van der Waals surface area contributed by atoms with Crippen molar-refractivity contribution >= 4 is 22.4 Å². The van der Waals surface area contributed by atoms with Gasteiger partial charge in [0, 0.05) is 43.5 Å². The summed E-state index contributed by atoms with van der Waals surface area (Å²) >= 11 is 0. The summed E-state index contributed by atoms with van der Waals surface area (Å²) in [7, 11) is 4.07. The Hall–Kier alpha value is -2.66. The first kappa shape index (κ1) is 18.1. The Morgan fingerprint density at radius 1 is 1.12 bits per heavy atom. The molecule has 3 aromatic rings. The summed E-state index contributed by atoms with van der Waals surface area (Å²) < 4.78 is 0. The molecule has 0 unspecified atom stereocenters. The normalized spacial score (nSPS) is 11.6. The smallest absolute Gasteiger partial charge is 0.136 e. The van der Waals surface area contributed by atoms with E-state index in [-0.39, 0.29) is 5.41 Å². The molecule has 136 valence electrons. The highest BCUT2D eigenvalue weighted by molar-refractivity contribution is 5.92. The van der Waals surface area contributed by atoms with Crippen molar-refractivity contribution in [2.75, 3.05) is 37.4 Å². The predicted molar refractivity (Wildman–Crippen MR) is 111 cm³/mol. The molecule has 2 aromatic heterocycles. The van der Waals surface area contributed by atoms with E-state index >= 15 is 0 Å². The van der Waals surface area contributed by atoms with E-state index in [1.807, 2.05) is 38.5 Å². The van der Waals surface area contributed by atoms with E-state index in [1.165, 1.54) is 0 Å². The van der Waals surface area contributed by atoms with Gasteiger partial charge in [-0.1, -0.05) is 26.0 Å². The molecule has 2 heterocycles. The molecule has 5 heteroatoms. The lowest BCUT2D eigenvalue weighted by atomic mass is 9.94. The average Bonchev–Trinajstić information content (AvgIpc) is 2.66. The molecule has 5 nitrogen and oxygen atoms in total. The zero-order valence-corrected chi connectivity index (χ0v) is 16.0. The second-order valence-corrected chi connectivity index (χ2v) is 7.59. The van der Waals surface area contributed by atoms with Gasteiger partial charge in [-0.15, -0.1) is 0 Å². The topological polar surface area (TPSA) is 67.1 Å². The Bertz CT molecular complexity index is 885. The van der Waals surface area contributed by atoms with Gasteiger partial charge in [0.15, 0.2) is 0 Å². The van der Waals surface area contributed by atoms with E-state index in [1.54, 1.807) is 0 Å². The summed E-state index contributed by atoms with van der Waals surface area (Å²) in [6.07, 6.45) is 1.81. The molecule has 0 amide bonds. The third-order valence-electron chi connectivity index (χ3n) is 4.57. The molecule has 0 saturated carbocycles. The highest BCUT2D eigenvalue weighted by atomic mass is 15.1. The number of aromatic nitrogens is 2. The van der Waals surface area contributed by atoms with E-state index in [4.69, 9.17) is 10.7 Å². The molecule has 1 aromatic carbocycles. The van der Waals surface area contributed by atoms with Crippen LogP contribution in [0.2, 0.25) is 0 Å². The first-order chi connectivity index (χ1) is 12.4. The largest absolute Gasteiger partial charge is 0.378 e. The van der Waals surface area contributed by atoms with Crippen LogP contribution in [0.5, 0.6) is 0 Å². The third kappa shape index (κ3) is 3.94. The van der Waals surface area contributed by atoms with Crippen LogP contribution in [0.25, 0.3) is 22.2 Å². The third-order valence-corrected chi connectivity index (χ3v) is 4.57. The average molecular weight is 349 g/mol. The SMILES string of the molecule is CN(C)c1ccc(-c2cc3ncccc3c(NCC(C)(C)CN)n2)cc1. The number of anilines is 2. The van der Waals surface area contributed by atoms with Crippen molar-refractivity contribution in [3.05, 3.63) is 48.7 Å². The molecule has 3 rings (SSSR count). The summed E-state index contributed by atoms with van der Waals surface area (Å²) in [5.41, 5.74) is 9.95. The Labute approximate surface area is 155 Å². The van der Waals surface area contributed by atoms with Crippen LogP contribution in [0.3, 0.4) is 0 Å². The zero-order valence-electron chi connectivity index (χ0n) is 16.0. The number of hydrogen-bond acceptors (Lipinski definition) is 5. The molecule has 0 atom stereocenters. The number of hydrogen-bond donors (Lipinski definition) is 2. The molecule has 0 saturated heterocycles. The molecular weight excluding hydrogens is 322 g/mol. The molecule has 3 N–H and O–H groups in total. The van der Waals surface area contributed by atoms with Crippen LogP contribution in [0, 0.1) is 5.41 Å². The first-order valence-corrected chi connectivity index (χ1v) is 8.87. The summed E-state index contributed by atoms with van der Waals surface area (Å²) in [6, 6.07) is 14.4. The van der Waals surface area contributed by atoms with Gasteiger partial charge in [-0.05, 0) is 42.3 Å². The number of nitrogens with zero attached hydrogens (tertiary/aromatic N) is 3. The van der Waals surface area contributed by atoms with Gasteiger partial charge in [-0.2, -0.15) is 0 Å². The lowest BCUT2D eigenvalue weighted by Gasteiger charge is -2.23. The summed E-state index contributed by atoms with van der Waals surface area (Å²) in [6.45, 7) is 5.65. The van der Waals surface area contributed by atoms with Gasteiger partial charge in [-0.25, -0.2) is 4.98 Å². The quantitative estimate of drug-likeness (QED) is 0.709. The Morgan fingerprint density at radius 2 is 1.85 bits per heavy atom. The van der Waals surface area contributed by atoms with Gasteiger partial charge in [0.05, 0.1) is 11.2 Å². The number of benzene rings is 1. The van der Waals surface area contributed by atoms with Crippen molar-refractivity contribution in [3.8, 4) is 11.3 Å². The van der Waals surface area contributed by atoms with Crippen LogP contribution in [-0.4, -0.2) is 37.2 Å². The lowest BCUT2D eigenvalue weighted by Crippen LogP contribution is -2.31. The van der Waals surface area contributed by atoms with Gasteiger partial charge in [-0.3, -0.25) is 4.98 Å². The van der Waals surface area contributed by atoms with Crippen LogP contribution >= 0.6 is 0 Å². The van der Waals surface area contributed by atoms with E-state index in [0.717, 1.165) is 40.2 Å². The first-order valence-electron chi connectivity index (χ1n) is 8.87. The fraction of sp³-hybridized carbons (Fsp3) is 0.333. The zero-order chi connectivity index (χ0) is 18.7. The van der Waals surface area contributed by atoms with Crippen molar-refractivity contribution in [1.82, 2.24) is 9.97 Å². The van der Waals surface area contributed by atoms with Crippen molar-refractivity contribution in [2.24, 2.45) is 11.1 Å². The Kier molecular flexibility index (Phi) is 5.09. The number of rotatable bonds is 6. The Balaban J connectivity index is 2.01. The maximum Gasteiger partial charge on any atom is 0.136 e. The van der Waals surface area contributed by atoms with E-state index in [9.17, 15) is 0 Å². The highest BCUT2D eigenvalue weighted by Gasteiger charge is 2.17. The molecule has 0 radical (unpaired) electrons. The molecule has 0 aliphatic carbocycles. The molecule has 0 bridgehead atoms. The van der Waals surface area contributed by atoms with Crippen molar-refractivity contribution in [1.29, 1.82) is 0 Å². The fourth-order valence-electron chi connectivity index (χ4n) is 2.68. The molecule has 0 aliphatic heterocycles. The monoisotopic (exact) mass is 349 g/mol. The van der Waals surface area contributed by atoms with Crippen molar-refractivity contribution < 1.29 is 0 Å². The Morgan fingerprint density at radius 3 is 2.50 bits per heavy atom. The number of pyridine rings is 2. The number of nitrogens with one attached hydrogen (secondary N) is 1. The molecule has 0 spiro atoms. The molecular formula is C21H27N5. The standard InChI is InChI=1S/C21H27N5/c1-21(2,13-22)14-24-20-17-6-5-11-23-19(17)12-18(25-20)15-7-9-16(10-8-15)26(3)4/h5-12H,13-14,22H2,1-4H3,(H,24,25). The molecule has 26 heavy (non-hydrogen) atoms. The number of fused-ring (bicyclic) bond motifs is 1. The van der Waals surface area contributed by atoms with E-state index < -0.39 is 0 Å². The van der Waals surface area contributed by atoms with E-state index in [0.29, 0.717) is 6.54 Å². The van der Waals surface area contributed by atoms with Crippen LogP contribution in [-0.2, 0) is 0 Å². The molecule has 0 fully saturated rings. The van der Waals surface area contributed by atoms with Gasteiger partial charge in [0.1, 0.15) is 5.82 Å². The van der Waals surface area contributed by atoms with Crippen LogP contribution in [0.4, 0.5) is 11.5 Å². The fourth-order valence-corrected chi connectivity index (χ4v) is 2.68. The van der Waals surface area contributed by atoms with Gasteiger partial charge >= 0.3 is 0 Å². The van der Waals surface area contributed by atoms with Gasteiger partial charge < -0.3 is 16.0 Å². The maximum absolute atomic E-state index is 5.87. The van der Waals surface area contributed by atoms with Crippen molar-refractivity contribution in [3.63, 3.8) is 0 Å². The summed E-state index contributed by atoms with van der Waals surface area (Å²) in [5, 5.41) is 4.50. The minimum atomic E-state index is -0.000421. The maximum atomic E-state index is 5.87. The number of nitrogens with two attached hydrogens (primary N) is 1. The second-order valence-electron chi connectivity index (χ2n) is 7.59. The predicted octanol–water partition coefficient (Wildman–Crippen LogP) is 3.76. The molecule has 0 aliphatic rings. The van der Waals surface area contributed by atoms with Gasteiger partial charge in [0.2, 0.25) is 0 Å². The van der Waals surface area contributed by atoms with Crippen molar-refractivity contribution in [2.45, 2.75) is 13.8 Å². The van der Waals surface area contributed by atoms with Crippen LogP contribution < -0.4 is 16.0 Å². The minimum absolute atomic E-state index is 0.000421. The van der Waals surface area contributed by atoms with Crippen LogP contribution in [0.1, 0.15) is 13.8 Å². The summed E-state index contributed by atoms with van der Waals surface area (Å²) in [5.74, 6) is 0.851. The second kappa shape index (κ2) is 7.30. The lowest BCUT2D eigenvalue weighted by molar-refractivity contribution is 0.405. The van der Waals surface area contributed by atoms with Crippen LogP contribution in [0.15, 0.2) is 48.7 Å². The highest BCUT2D eigenvalue weighted by Crippen LogP contribution is 2.28.